The topological polar surface area (TPSA) is 64.0 Å². The molecule has 1 fully saturated rings. The number of aromatic nitrogens is 2. The lowest BCUT2D eigenvalue weighted by atomic mass is 9.85. The molecule has 1 aliphatic rings. The largest absolute Gasteiger partial charge is 0.391 e. The number of carbonyl (C=O) groups is 1. The van der Waals surface area contributed by atoms with E-state index in [1.54, 1.807) is 0 Å². The molecule has 1 N–H and O–H groups in total. The number of hydrogen-bond donors (Lipinski definition) is 1. The molecule has 2 unspecified atom stereocenters. The van der Waals surface area contributed by atoms with Crippen molar-refractivity contribution in [3.05, 3.63) is 27.1 Å². The fourth-order valence-electron chi connectivity index (χ4n) is 3.57. The molecule has 3 rings (SSSR count). The van der Waals surface area contributed by atoms with Gasteiger partial charge in [-0.1, -0.05) is 6.42 Å². The summed E-state index contributed by atoms with van der Waals surface area (Å²) in [5.74, 6) is -1.69. The number of amides is 1. The fraction of sp³-hybridized carbons (Fsp3) is 0.611. The highest BCUT2D eigenvalue weighted by atomic mass is 32.1. The van der Waals surface area contributed by atoms with E-state index in [9.17, 15) is 22.8 Å². The van der Waals surface area contributed by atoms with Gasteiger partial charge in [-0.2, -0.15) is 13.2 Å². The number of nitrogens with zero attached hydrogens (tertiary/aromatic N) is 2. The molecule has 0 aromatic carbocycles. The molecule has 2 aromatic heterocycles. The molecule has 148 valence electrons. The average Bonchev–Trinajstić information content (AvgIpc) is 2.89. The molecule has 2 heterocycles. The minimum atomic E-state index is -4.21. The second-order valence-corrected chi connectivity index (χ2v) is 8.33. The Morgan fingerprint density at radius 3 is 2.81 bits per heavy atom. The lowest BCUT2D eigenvalue weighted by Gasteiger charge is -2.31. The number of nitrogens with one attached hydrogen (secondary N) is 1. The Balaban J connectivity index is 1.61. The van der Waals surface area contributed by atoms with E-state index in [0.29, 0.717) is 23.1 Å². The number of fused-ring (bicyclic) bond motifs is 1. The smallest absolute Gasteiger partial charge is 0.353 e. The number of aryl methyl sites for hydroxylation is 3. The quantitative estimate of drug-likeness (QED) is 0.850. The monoisotopic (exact) mass is 401 g/mol. The zero-order valence-electron chi connectivity index (χ0n) is 15.2. The van der Waals surface area contributed by atoms with Crippen LogP contribution in [-0.4, -0.2) is 27.7 Å². The molecule has 2 aromatic rings. The maximum Gasteiger partial charge on any atom is 0.391 e. The van der Waals surface area contributed by atoms with Gasteiger partial charge in [0, 0.05) is 23.9 Å². The van der Waals surface area contributed by atoms with Crippen LogP contribution in [0.25, 0.3) is 10.2 Å². The lowest BCUT2D eigenvalue weighted by Crippen LogP contribution is -2.42. The van der Waals surface area contributed by atoms with E-state index in [2.05, 4.69) is 10.3 Å². The van der Waals surface area contributed by atoms with Crippen LogP contribution in [0.15, 0.2) is 11.1 Å². The Hall–Kier alpha value is -1.90. The number of carbonyl (C=O) groups excluding carboxylic acids is 1. The molecule has 2 atom stereocenters. The summed E-state index contributed by atoms with van der Waals surface area (Å²) in [6, 6.07) is -0.461. The van der Waals surface area contributed by atoms with Crippen LogP contribution in [0.1, 0.15) is 42.5 Å². The predicted octanol–water partition coefficient (Wildman–Crippen LogP) is 3.70. The van der Waals surface area contributed by atoms with Gasteiger partial charge in [0.05, 0.1) is 17.6 Å². The first-order chi connectivity index (χ1) is 12.7. The van der Waals surface area contributed by atoms with Crippen LogP contribution >= 0.6 is 11.3 Å². The van der Waals surface area contributed by atoms with Gasteiger partial charge >= 0.3 is 6.18 Å². The van der Waals surface area contributed by atoms with Crippen molar-refractivity contribution in [2.24, 2.45) is 5.92 Å². The molecular formula is C18H22F3N3O2S. The Morgan fingerprint density at radius 2 is 2.11 bits per heavy atom. The Morgan fingerprint density at radius 1 is 1.37 bits per heavy atom. The third-order valence-corrected chi connectivity index (χ3v) is 6.35. The highest BCUT2D eigenvalue weighted by molar-refractivity contribution is 7.18. The summed E-state index contributed by atoms with van der Waals surface area (Å²) in [6.45, 7) is 3.95. The van der Waals surface area contributed by atoms with Gasteiger partial charge in [-0.25, -0.2) is 4.98 Å². The van der Waals surface area contributed by atoms with Gasteiger partial charge in [-0.3, -0.25) is 14.2 Å². The van der Waals surface area contributed by atoms with E-state index in [1.165, 1.54) is 22.2 Å². The first-order valence-electron chi connectivity index (χ1n) is 8.98. The summed E-state index contributed by atoms with van der Waals surface area (Å²) in [5, 5.41) is 3.26. The molecule has 0 aliphatic heterocycles. The Labute approximate surface area is 158 Å². The molecule has 5 nitrogen and oxygen atoms in total. The van der Waals surface area contributed by atoms with Crippen molar-refractivity contribution < 1.29 is 18.0 Å². The minimum Gasteiger partial charge on any atom is -0.353 e. The lowest BCUT2D eigenvalue weighted by molar-refractivity contribution is -0.184. The van der Waals surface area contributed by atoms with Crippen LogP contribution in [0.4, 0.5) is 13.2 Å². The van der Waals surface area contributed by atoms with E-state index in [1.807, 2.05) is 13.8 Å². The summed E-state index contributed by atoms with van der Waals surface area (Å²) in [4.78, 5) is 30.7. The highest BCUT2D eigenvalue weighted by Crippen LogP contribution is 2.37. The van der Waals surface area contributed by atoms with Gasteiger partial charge in [0.25, 0.3) is 5.56 Å². The average molecular weight is 401 g/mol. The summed E-state index contributed by atoms with van der Waals surface area (Å²) in [6.07, 6.45) is -1.71. The predicted molar refractivity (Wildman–Crippen MR) is 97.9 cm³/mol. The van der Waals surface area contributed by atoms with Gasteiger partial charge in [0.15, 0.2) is 0 Å². The van der Waals surface area contributed by atoms with Crippen molar-refractivity contribution in [3.63, 3.8) is 0 Å². The second-order valence-electron chi connectivity index (χ2n) is 7.13. The zero-order valence-corrected chi connectivity index (χ0v) is 16.0. The third-order valence-electron chi connectivity index (χ3n) is 5.24. The molecule has 0 spiro atoms. The summed E-state index contributed by atoms with van der Waals surface area (Å²) in [5.41, 5.74) is 0.705. The van der Waals surface area contributed by atoms with E-state index in [-0.39, 0.29) is 37.3 Å². The normalized spacial score (nSPS) is 20.8. The van der Waals surface area contributed by atoms with E-state index in [0.717, 1.165) is 10.4 Å². The first-order valence-corrected chi connectivity index (χ1v) is 9.79. The van der Waals surface area contributed by atoms with E-state index >= 15 is 0 Å². The molecule has 0 radical (unpaired) electrons. The van der Waals surface area contributed by atoms with Crippen LogP contribution in [0.2, 0.25) is 0 Å². The Kier molecular flexibility index (Phi) is 5.60. The SMILES string of the molecule is Cc1sc2ncn(CCC(=O)NC3CCCC(C(F)(F)F)C3)c(=O)c2c1C. The van der Waals surface area contributed by atoms with E-state index < -0.39 is 18.1 Å². The molecule has 1 saturated carbocycles. The number of alkyl halides is 3. The summed E-state index contributed by atoms with van der Waals surface area (Å²) >= 11 is 1.46. The van der Waals surface area contributed by atoms with Gasteiger partial charge in [-0.05, 0) is 38.7 Å². The molecule has 1 amide bonds. The van der Waals surface area contributed by atoms with Gasteiger partial charge < -0.3 is 5.32 Å². The standard InChI is InChI=1S/C18H22F3N3O2S/c1-10-11(2)27-16-15(10)17(26)24(9-22-16)7-6-14(25)23-13-5-3-4-12(8-13)18(19,20)21/h9,12-13H,3-8H2,1-2H3,(H,23,25). The maximum absolute atomic E-state index is 12.9. The second kappa shape index (κ2) is 7.61. The first kappa shape index (κ1) is 19.9. The number of halogens is 3. The summed E-state index contributed by atoms with van der Waals surface area (Å²) in [7, 11) is 0. The number of rotatable bonds is 4. The van der Waals surface area contributed by atoms with Crippen LogP contribution in [0.5, 0.6) is 0 Å². The van der Waals surface area contributed by atoms with E-state index in [4.69, 9.17) is 0 Å². The van der Waals surface area contributed by atoms with Crippen LogP contribution < -0.4 is 10.9 Å². The maximum atomic E-state index is 12.9. The van der Waals surface area contributed by atoms with Crippen molar-refractivity contribution in [2.45, 2.75) is 64.7 Å². The van der Waals surface area contributed by atoms with Gasteiger partial charge in [0.2, 0.25) is 5.91 Å². The minimum absolute atomic E-state index is 0.0302. The van der Waals surface area contributed by atoms with Crippen LogP contribution in [0, 0.1) is 19.8 Å². The number of thiophene rings is 1. The van der Waals surface area contributed by atoms with Crippen molar-refractivity contribution in [3.8, 4) is 0 Å². The van der Waals surface area contributed by atoms with Crippen molar-refractivity contribution in [1.29, 1.82) is 0 Å². The molecular weight excluding hydrogens is 379 g/mol. The third kappa shape index (κ3) is 4.34. The van der Waals surface area contributed by atoms with Gasteiger partial charge in [0.1, 0.15) is 4.83 Å². The number of hydrogen-bond acceptors (Lipinski definition) is 4. The summed E-state index contributed by atoms with van der Waals surface area (Å²) < 4.78 is 40.0. The Bertz CT molecular complexity index is 904. The van der Waals surface area contributed by atoms with Crippen LogP contribution in [-0.2, 0) is 11.3 Å². The van der Waals surface area contributed by atoms with Crippen molar-refractivity contribution in [2.75, 3.05) is 0 Å². The zero-order chi connectivity index (χ0) is 19.8. The van der Waals surface area contributed by atoms with Crippen LogP contribution in [0.3, 0.4) is 0 Å². The van der Waals surface area contributed by atoms with Crippen molar-refractivity contribution in [1.82, 2.24) is 14.9 Å². The highest BCUT2D eigenvalue weighted by Gasteiger charge is 2.42. The molecule has 1 aliphatic carbocycles. The molecule has 9 heteroatoms. The molecule has 0 saturated heterocycles. The van der Waals surface area contributed by atoms with Crippen molar-refractivity contribution >= 4 is 27.5 Å². The molecule has 0 bridgehead atoms. The van der Waals surface area contributed by atoms with Gasteiger partial charge in [-0.15, -0.1) is 11.3 Å². The fourth-order valence-corrected chi connectivity index (χ4v) is 4.56. The molecule has 27 heavy (non-hydrogen) atoms.